The molecule has 0 aliphatic rings. The maximum atomic E-state index is 5.46. The van der Waals surface area contributed by atoms with Gasteiger partial charge in [0.15, 0.2) is 0 Å². The van der Waals surface area contributed by atoms with Gasteiger partial charge in [-0.05, 0) is 31.6 Å². The van der Waals surface area contributed by atoms with Crippen LogP contribution >= 0.6 is 0 Å². The van der Waals surface area contributed by atoms with Crippen LogP contribution in [0.1, 0.15) is 45.7 Å². The van der Waals surface area contributed by atoms with Gasteiger partial charge in [-0.15, -0.1) is 0 Å². The Balaban J connectivity index is 0.00000211. The lowest BCUT2D eigenvalue weighted by Crippen LogP contribution is -2.22. The Labute approximate surface area is 136 Å². The summed E-state index contributed by atoms with van der Waals surface area (Å²) in [6, 6.07) is 8.26. The second-order valence-corrected chi connectivity index (χ2v) is 4.69. The Morgan fingerprint density at radius 3 is 2.27 bits per heavy atom. The van der Waals surface area contributed by atoms with Crippen molar-refractivity contribution in [2.24, 2.45) is 0 Å². The van der Waals surface area contributed by atoms with Gasteiger partial charge < -0.3 is 9.47 Å². The van der Waals surface area contributed by atoms with Gasteiger partial charge in [0.25, 0.3) is 0 Å². The van der Waals surface area contributed by atoms with Gasteiger partial charge in [-0.25, -0.2) is 0 Å². The smallest absolute Gasteiger partial charge is 0.230 e. The molecule has 0 aliphatic carbocycles. The predicted octanol–water partition coefficient (Wildman–Crippen LogP) is 5.05. The first-order valence-electron chi connectivity index (χ1n) is 7.98. The molecule has 0 fully saturated rings. The van der Waals surface area contributed by atoms with E-state index in [9.17, 15) is 0 Å². The fraction of sp³-hybridized carbons (Fsp3) is 0.474. The van der Waals surface area contributed by atoms with E-state index in [1.54, 1.807) is 6.92 Å². The number of hydrogen-bond acceptors (Lipinski definition) is 3. The van der Waals surface area contributed by atoms with E-state index in [1.807, 2.05) is 26.0 Å². The second-order valence-electron chi connectivity index (χ2n) is 4.69. The highest BCUT2D eigenvalue weighted by molar-refractivity contribution is 5.58. The third-order valence-corrected chi connectivity index (χ3v) is 3.09. The largest absolute Gasteiger partial charge is 0.463 e. The summed E-state index contributed by atoms with van der Waals surface area (Å²) in [5.41, 5.74) is 2.25. The standard InChI is InChI=1S/C17H25NO2.C2H6/c1-6-18(7-2)12-16-9-8-10-17(11-16)15(5)20-13-19-14(3)4;1-2/h8-11H,3,5-7,12-13H2,1-2,4H3;1-2H3. The molecule has 0 N–H and O–H groups in total. The van der Waals surface area contributed by atoms with E-state index < -0.39 is 0 Å². The molecule has 0 saturated carbocycles. The average Bonchev–Trinajstić information content (AvgIpc) is 2.54. The van der Waals surface area contributed by atoms with Gasteiger partial charge in [0.2, 0.25) is 6.79 Å². The van der Waals surface area contributed by atoms with Crippen LogP contribution < -0.4 is 0 Å². The van der Waals surface area contributed by atoms with Gasteiger partial charge in [0.1, 0.15) is 5.76 Å². The van der Waals surface area contributed by atoms with E-state index in [1.165, 1.54) is 5.56 Å². The average molecular weight is 305 g/mol. The Morgan fingerprint density at radius 2 is 1.73 bits per heavy atom. The quantitative estimate of drug-likeness (QED) is 0.471. The molecule has 3 heteroatoms. The summed E-state index contributed by atoms with van der Waals surface area (Å²) in [5.74, 6) is 1.25. The minimum atomic E-state index is 0.147. The Bertz CT molecular complexity index is 451. The van der Waals surface area contributed by atoms with Crippen LogP contribution in [0.3, 0.4) is 0 Å². The van der Waals surface area contributed by atoms with Crippen LogP contribution in [-0.2, 0) is 16.0 Å². The van der Waals surface area contributed by atoms with Crippen molar-refractivity contribution >= 4 is 5.76 Å². The number of nitrogens with zero attached hydrogens (tertiary/aromatic N) is 1. The molecule has 3 nitrogen and oxygen atoms in total. The zero-order valence-electron chi connectivity index (χ0n) is 14.8. The zero-order chi connectivity index (χ0) is 17.0. The summed E-state index contributed by atoms with van der Waals surface area (Å²) in [6.45, 7) is 20.9. The molecule has 22 heavy (non-hydrogen) atoms. The van der Waals surface area contributed by atoms with Crippen molar-refractivity contribution in [1.82, 2.24) is 4.90 Å². The molecule has 0 amide bonds. The first kappa shape index (κ1) is 20.3. The van der Waals surface area contributed by atoms with E-state index in [0.29, 0.717) is 11.5 Å². The Hall–Kier alpha value is -1.74. The van der Waals surface area contributed by atoms with Crippen LogP contribution in [-0.4, -0.2) is 24.8 Å². The van der Waals surface area contributed by atoms with Gasteiger partial charge in [-0.3, -0.25) is 4.90 Å². The second kappa shape index (κ2) is 11.9. The van der Waals surface area contributed by atoms with Crippen molar-refractivity contribution in [3.05, 3.63) is 54.3 Å². The highest BCUT2D eigenvalue weighted by Crippen LogP contribution is 2.17. The van der Waals surface area contributed by atoms with Gasteiger partial charge in [-0.1, -0.05) is 59.1 Å². The number of rotatable bonds is 9. The minimum Gasteiger partial charge on any atom is -0.463 e. The molecule has 124 valence electrons. The molecule has 1 rings (SSSR count). The normalized spacial score (nSPS) is 9.73. The Morgan fingerprint density at radius 1 is 1.09 bits per heavy atom. The third-order valence-electron chi connectivity index (χ3n) is 3.09. The lowest BCUT2D eigenvalue weighted by molar-refractivity contribution is 0.0429. The van der Waals surface area contributed by atoms with Crippen LogP contribution in [0, 0.1) is 0 Å². The third kappa shape index (κ3) is 7.89. The maximum absolute atomic E-state index is 5.46. The summed E-state index contributed by atoms with van der Waals surface area (Å²) < 4.78 is 10.6. The van der Waals surface area contributed by atoms with Gasteiger partial charge >= 0.3 is 0 Å². The van der Waals surface area contributed by atoms with Crippen molar-refractivity contribution in [3.63, 3.8) is 0 Å². The molecule has 0 aliphatic heterocycles. The predicted molar refractivity (Wildman–Crippen MR) is 95.3 cm³/mol. The lowest BCUT2D eigenvalue weighted by atomic mass is 10.1. The topological polar surface area (TPSA) is 21.7 Å². The fourth-order valence-electron chi connectivity index (χ4n) is 1.83. The first-order valence-corrected chi connectivity index (χ1v) is 7.98. The lowest BCUT2D eigenvalue weighted by Gasteiger charge is -2.18. The minimum absolute atomic E-state index is 0.147. The monoisotopic (exact) mass is 305 g/mol. The van der Waals surface area contributed by atoms with Crippen molar-refractivity contribution in [3.8, 4) is 0 Å². The van der Waals surface area contributed by atoms with Gasteiger partial charge in [-0.2, -0.15) is 0 Å². The van der Waals surface area contributed by atoms with Crippen LogP contribution in [0.15, 0.2) is 43.2 Å². The van der Waals surface area contributed by atoms with Crippen LogP contribution in [0.5, 0.6) is 0 Å². The molecule has 0 unspecified atom stereocenters. The number of hydrogen-bond donors (Lipinski definition) is 0. The number of ether oxygens (including phenoxy) is 2. The SMILES string of the molecule is C=C(C)OCOC(=C)c1cccc(CN(CC)CC)c1.CC. The molecule has 1 aromatic rings. The molecule has 0 atom stereocenters. The van der Waals surface area contributed by atoms with E-state index in [0.717, 1.165) is 25.2 Å². The number of benzene rings is 1. The fourth-order valence-corrected chi connectivity index (χ4v) is 1.83. The molecule has 0 aromatic heterocycles. The molecule has 1 aromatic carbocycles. The summed E-state index contributed by atoms with van der Waals surface area (Å²) in [4.78, 5) is 2.37. The number of allylic oxidation sites excluding steroid dienone is 1. The van der Waals surface area contributed by atoms with Crippen LogP contribution in [0.2, 0.25) is 0 Å². The van der Waals surface area contributed by atoms with Crippen molar-refractivity contribution in [2.75, 3.05) is 19.9 Å². The van der Waals surface area contributed by atoms with Gasteiger partial charge in [0, 0.05) is 12.1 Å². The maximum Gasteiger partial charge on any atom is 0.230 e. The van der Waals surface area contributed by atoms with Gasteiger partial charge in [0.05, 0.1) is 5.76 Å². The van der Waals surface area contributed by atoms with Crippen LogP contribution in [0.4, 0.5) is 0 Å². The zero-order valence-corrected chi connectivity index (χ0v) is 14.8. The first-order chi connectivity index (χ1) is 10.6. The van der Waals surface area contributed by atoms with Crippen LogP contribution in [0.25, 0.3) is 5.76 Å². The molecule has 0 radical (unpaired) electrons. The summed E-state index contributed by atoms with van der Waals surface area (Å²) >= 11 is 0. The van der Waals surface area contributed by atoms with Crippen molar-refractivity contribution < 1.29 is 9.47 Å². The molecule has 0 heterocycles. The Kier molecular flexibility index (Phi) is 10.9. The molecular weight excluding hydrogens is 274 g/mol. The molecule has 0 spiro atoms. The van der Waals surface area contributed by atoms with Crippen molar-refractivity contribution in [1.29, 1.82) is 0 Å². The summed E-state index contributed by atoms with van der Waals surface area (Å²) in [5, 5.41) is 0. The highest BCUT2D eigenvalue weighted by Gasteiger charge is 2.05. The van der Waals surface area contributed by atoms with E-state index in [4.69, 9.17) is 9.47 Å². The summed E-state index contributed by atoms with van der Waals surface area (Å²) in [6.07, 6.45) is 0. The van der Waals surface area contributed by atoms with E-state index in [-0.39, 0.29) is 6.79 Å². The molecule has 0 saturated heterocycles. The summed E-state index contributed by atoms with van der Waals surface area (Å²) in [7, 11) is 0. The molecule has 0 bridgehead atoms. The highest BCUT2D eigenvalue weighted by atomic mass is 16.7. The van der Waals surface area contributed by atoms with E-state index in [2.05, 4.69) is 44.0 Å². The van der Waals surface area contributed by atoms with Crippen molar-refractivity contribution in [2.45, 2.75) is 41.2 Å². The molecular formula is C19H31NO2. The van der Waals surface area contributed by atoms with E-state index >= 15 is 0 Å².